The Balaban J connectivity index is 2.59. The van der Waals surface area contributed by atoms with Gasteiger partial charge < -0.3 is 14.8 Å². The molecule has 1 atom stereocenters. The zero-order valence-corrected chi connectivity index (χ0v) is 12.0. The van der Waals surface area contributed by atoms with Crippen LogP contribution in [-0.2, 0) is 9.53 Å². The van der Waals surface area contributed by atoms with Crippen molar-refractivity contribution in [1.29, 1.82) is 0 Å². The largest absolute Gasteiger partial charge is 0.444 e. The first-order valence-corrected chi connectivity index (χ1v) is 6.37. The molecule has 4 nitrogen and oxygen atoms in total. The fraction of sp³-hybridized carbons (Fsp3) is 0.429. The number of carbonyl (C=O) groups is 2. The number of alkyl carbamates (subject to hydrolysis) is 1. The van der Waals surface area contributed by atoms with Crippen molar-refractivity contribution in [3.63, 3.8) is 0 Å². The van der Waals surface area contributed by atoms with Gasteiger partial charge in [-0.05, 0) is 38.5 Å². The summed E-state index contributed by atoms with van der Waals surface area (Å²) in [6.45, 7) is 5.51. The lowest BCUT2D eigenvalue weighted by Crippen LogP contribution is -2.35. The van der Waals surface area contributed by atoms with Crippen LogP contribution in [0.15, 0.2) is 24.3 Å². The third-order valence-electron chi connectivity index (χ3n) is 2.31. The number of aldehydes is 1. The molecule has 0 spiro atoms. The zero-order chi connectivity index (χ0) is 14.5. The topological polar surface area (TPSA) is 55.4 Å². The van der Waals surface area contributed by atoms with Crippen molar-refractivity contribution in [2.45, 2.75) is 32.3 Å². The maximum Gasteiger partial charge on any atom is 0.407 e. The maximum absolute atomic E-state index is 11.5. The fourth-order valence-corrected chi connectivity index (χ4v) is 1.69. The van der Waals surface area contributed by atoms with Crippen molar-refractivity contribution >= 4 is 24.0 Å². The summed E-state index contributed by atoms with van der Waals surface area (Å²) in [6.07, 6.45) is 0.240. The van der Waals surface area contributed by atoms with Gasteiger partial charge in [-0.25, -0.2) is 4.79 Å². The van der Waals surface area contributed by atoms with Crippen molar-refractivity contribution in [2.24, 2.45) is 0 Å². The lowest BCUT2D eigenvalue weighted by molar-refractivity contribution is -0.109. The molecular weight excluding hydrogens is 266 g/mol. The van der Waals surface area contributed by atoms with Crippen LogP contribution < -0.4 is 5.32 Å². The van der Waals surface area contributed by atoms with Gasteiger partial charge in [0, 0.05) is 11.6 Å². The van der Waals surface area contributed by atoms with Crippen LogP contribution in [0.4, 0.5) is 4.79 Å². The minimum Gasteiger partial charge on any atom is -0.444 e. The predicted molar refractivity (Wildman–Crippen MR) is 74.5 cm³/mol. The molecule has 19 heavy (non-hydrogen) atoms. The molecule has 0 bridgehead atoms. The van der Waals surface area contributed by atoms with Gasteiger partial charge in [0.25, 0.3) is 0 Å². The number of carbonyl (C=O) groups excluding carboxylic acids is 2. The normalized spacial score (nSPS) is 12.6. The molecule has 1 rings (SSSR count). The molecule has 0 aliphatic heterocycles. The van der Waals surface area contributed by atoms with Crippen LogP contribution in [0, 0.1) is 0 Å². The minimum absolute atomic E-state index is 0.179. The number of halogens is 1. The highest BCUT2D eigenvalue weighted by molar-refractivity contribution is 6.30. The molecule has 1 aromatic rings. The van der Waals surface area contributed by atoms with E-state index >= 15 is 0 Å². The lowest BCUT2D eigenvalue weighted by atomic mass is 10.0. The van der Waals surface area contributed by atoms with E-state index in [0.717, 1.165) is 11.8 Å². The second-order valence-electron chi connectivity index (χ2n) is 5.18. The highest BCUT2D eigenvalue weighted by atomic mass is 35.5. The molecule has 0 fully saturated rings. The molecule has 0 aromatic heterocycles. The Morgan fingerprint density at radius 2 is 2.16 bits per heavy atom. The van der Waals surface area contributed by atoms with Crippen LogP contribution in [0.2, 0.25) is 5.02 Å². The summed E-state index contributed by atoms with van der Waals surface area (Å²) in [4.78, 5) is 22.6. The molecule has 0 heterocycles. The molecule has 1 unspecified atom stereocenters. The number of nitrogens with one attached hydrogen (secondary N) is 1. The first-order valence-electron chi connectivity index (χ1n) is 5.99. The second-order valence-corrected chi connectivity index (χ2v) is 5.62. The Labute approximate surface area is 118 Å². The molecule has 104 valence electrons. The molecule has 0 saturated heterocycles. The summed E-state index contributed by atoms with van der Waals surface area (Å²) in [5.74, 6) is -0.439. The summed E-state index contributed by atoms with van der Waals surface area (Å²) in [5.41, 5.74) is 0.204. The van der Waals surface area contributed by atoms with Gasteiger partial charge in [0.15, 0.2) is 0 Å². The Bertz CT molecular complexity index is 454. The van der Waals surface area contributed by atoms with Crippen molar-refractivity contribution in [2.75, 3.05) is 6.54 Å². The summed E-state index contributed by atoms with van der Waals surface area (Å²) in [7, 11) is 0. The quantitative estimate of drug-likeness (QED) is 0.864. The summed E-state index contributed by atoms with van der Waals surface area (Å²) < 4.78 is 5.10. The highest BCUT2D eigenvalue weighted by Crippen LogP contribution is 2.18. The van der Waals surface area contributed by atoms with E-state index in [9.17, 15) is 9.59 Å². The van der Waals surface area contributed by atoms with Crippen LogP contribution >= 0.6 is 11.6 Å². The predicted octanol–water partition coefficient (Wildman–Crippen LogP) is 3.15. The van der Waals surface area contributed by atoms with Gasteiger partial charge >= 0.3 is 6.09 Å². The monoisotopic (exact) mass is 283 g/mol. The number of hydrogen-bond acceptors (Lipinski definition) is 3. The van der Waals surface area contributed by atoms with Crippen molar-refractivity contribution in [3.05, 3.63) is 34.9 Å². The highest BCUT2D eigenvalue weighted by Gasteiger charge is 2.18. The van der Waals surface area contributed by atoms with E-state index in [1.165, 1.54) is 0 Å². The van der Waals surface area contributed by atoms with E-state index < -0.39 is 17.6 Å². The molecule has 0 aliphatic rings. The van der Waals surface area contributed by atoms with E-state index in [1.807, 2.05) is 0 Å². The molecule has 0 saturated carbocycles. The number of rotatable bonds is 4. The van der Waals surface area contributed by atoms with Gasteiger partial charge in [-0.15, -0.1) is 0 Å². The van der Waals surface area contributed by atoms with E-state index in [4.69, 9.17) is 16.3 Å². The van der Waals surface area contributed by atoms with Crippen LogP contribution in [-0.4, -0.2) is 24.5 Å². The summed E-state index contributed by atoms with van der Waals surface area (Å²) in [5, 5.41) is 3.13. The lowest BCUT2D eigenvalue weighted by Gasteiger charge is -2.20. The third kappa shape index (κ3) is 5.75. The smallest absolute Gasteiger partial charge is 0.407 e. The van der Waals surface area contributed by atoms with E-state index in [0.29, 0.717) is 5.02 Å². The first kappa shape index (κ1) is 15.5. The van der Waals surface area contributed by atoms with E-state index in [1.54, 1.807) is 45.0 Å². The van der Waals surface area contributed by atoms with Crippen molar-refractivity contribution in [3.8, 4) is 0 Å². The second kappa shape index (κ2) is 6.57. The Hall–Kier alpha value is -1.55. The van der Waals surface area contributed by atoms with Gasteiger partial charge in [-0.3, -0.25) is 0 Å². The van der Waals surface area contributed by atoms with Crippen molar-refractivity contribution in [1.82, 2.24) is 5.32 Å². The number of benzene rings is 1. The molecule has 1 N–H and O–H groups in total. The van der Waals surface area contributed by atoms with Crippen LogP contribution in [0.3, 0.4) is 0 Å². The van der Waals surface area contributed by atoms with Gasteiger partial charge in [-0.2, -0.15) is 0 Å². The van der Waals surface area contributed by atoms with E-state index in [-0.39, 0.29) is 6.54 Å². The first-order chi connectivity index (χ1) is 8.81. The van der Waals surface area contributed by atoms with Crippen LogP contribution in [0.25, 0.3) is 0 Å². The van der Waals surface area contributed by atoms with Gasteiger partial charge in [-0.1, -0.05) is 23.7 Å². The Morgan fingerprint density at radius 1 is 1.47 bits per heavy atom. The zero-order valence-electron chi connectivity index (χ0n) is 11.3. The average Bonchev–Trinajstić information content (AvgIpc) is 2.27. The third-order valence-corrected chi connectivity index (χ3v) is 2.54. The standard InChI is InChI=1S/C14H18ClNO3/c1-14(2,3)19-13(18)16-8-11(9-17)10-5-4-6-12(15)7-10/h4-7,9,11H,8H2,1-3H3,(H,16,18). The average molecular weight is 284 g/mol. The molecule has 1 amide bonds. The minimum atomic E-state index is -0.559. The Kier molecular flexibility index (Phi) is 5.36. The number of hydrogen-bond donors (Lipinski definition) is 1. The summed E-state index contributed by atoms with van der Waals surface area (Å²) >= 11 is 5.87. The molecule has 1 aromatic carbocycles. The van der Waals surface area contributed by atoms with Crippen LogP contribution in [0.5, 0.6) is 0 Å². The van der Waals surface area contributed by atoms with Gasteiger partial charge in [0.1, 0.15) is 11.9 Å². The van der Waals surface area contributed by atoms with Gasteiger partial charge in [0.2, 0.25) is 0 Å². The van der Waals surface area contributed by atoms with E-state index in [2.05, 4.69) is 5.32 Å². The number of amides is 1. The molecule has 0 radical (unpaired) electrons. The Morgan fingerprint density at radius 3 is 2.68 bits per heavy atom. The maximum atomic E-state index is 11.5. The molecule has 0 aliphatic carbocycles. The molecule has 5 heteroatoms. The van der Waals surface area contributed by atoms with Gasteiger partial charge in [0.05, 0.1) is 5.92 Å². The molecular formula is C14H18ClNO3. The fourth-order valence-electron chi connectivity index (χ4n) is 1.49. The summed E-state index contributed by atoms with van der Waals surface area (Å²) in [6, 6.07) is 7.00. The SMILES string of the molecule is CC(C)(C)OC(=O)NCC(C=O)c1cccc(Cl)c1. The van der Waals surface area contributed by atoms with Crippen molar-refractivity contribution < 1.29 is 14.3 Å². The number of ether oxygens (including phenoxy) is 1. The van der Waals surface area contributed by atoms with Crippen LogP contribution in [0.1, 0.15) is 32.3 Å².